The van der Waals surface area contributed by atoms with Gasteiger partial charge < -0.3 is 28.6 Å². The van der Waals surface area contributed by atoms with Gasteiger partial charge in [-0.15, -0.1) is 0 Å². The number of rotatable bonds is 36. The normalized spacial score (nSPS) is 14.1. The van der Waals surface area contributed by atoms with Crippen LogP contribution in [-0.4, -0.2) is 75.5 Å². The van der Waals surface area contributed by atoms with Gasteiger partial charge in [-0.25, -0.2) is 0 Å². The van der Waals surface area contributed by atoms with Crippen molar-refractivity contribution in [1.29, 1.82) is 0 Å². The molecule has 8 nitrogen and oxygen atoms in total. The van der Waals surface area contributed by atoms with Crippen LogP contribution in [0.15, 0.2) is 109 Å². The fraction of sp³-hybridized carbons (Fsp3) is 0.571. The van der Waals surface area contributed by atoms with Crippen molar-refractivity contribution >= 4 is 17.9 Å². The first-order valence-electron chi connectivity index (χ1n) is 21.4. The van der Waals surface area contributed by atoms with Gasteiger partial charge in [0.05, 0.1) is 40.3 Å². The molecule has 0 aromatic carbocycles. The smallest absolute Gasteiger partial charge is 0.306 e. The first-order valence-corrected chi connectivity index (χ1v) is 21.4. The van der Waals surface area contributed by atoms with Gasteiger partial charge in [0.1, 0.15) is 12.6 Å². The van der Waals surface area contributed by atoms with Crippen molar-refractivity contribution in [3.8, 4) is 0 Å². The molecular formula is C49H77NO7. The number of hydrogen-bond acceptors (Lipinski definition) is 7. The Morgan fingerprint density at radius 1 is 0.544 bits per heavy atom. The molecular weight excluding hydrogens is 715 g/mol. The molecule has 0 fully saturated rings. The third-order valence-corrected chi connectivity index (χ3v) is 8.72. The highest BCUT2D eigenvalue weighted by Crippen LogP contribution is 2.11. The summed E-state index contributed by atoms with van der Waals surface area (Å²) in [6, 6.07) is -0.745. The van der Waals surface area contributed by atoms with Crippen molar-refractivity contribution in [2.24, 2.45) is 0 Å². The molecule has 0 saturated carbocycles. The quantitative estimate of drug-likeness (QED) is 0.0205. The van der Waals surface area contributed by atoms with Gasteiger partial charge in [0, 0.05) is 19.3 Å². The molecule has 0 aliphatic heterocycles. The molecule has 2 atom stereocenters. The molecule has 0 heterocycles. The summed E-state index contributed by atoms with van der Waals surface area (Å²) in [7, 11) is 5.36. The van der Waals surface area contributed by atoms with Crippen LogP contribution >= 0.6 is 0 Å². The summed E-state index contributed by atoms with van der Waals surface area (Å²) < 4.78 is 17.1. The van der Waals surface area contributed by atoms with Gasteiger partial charge in [0.2, 0.25) is 0 Å². The van der Waals surface area contributed by atoms with Crippen molar-refractivity contribution in [3.05, 3.63) is 109 Å². The topological polar surface area (TPSA) is 102 Å². The van der Waals surface area contributed by atoms with E-state index in [0.717, 1.165) is 89.9 Å². The molecule has 0 aromatic heterocycles. The lowest BCUT2D eigenvalue weighted by Crippen LogP contribution is -2.55. The number of unbranched alkanes of at least 4 members (excludes halogenated alkanes) is 6. The summed E-state index contributed by atoms with van der Waals surface area (Å²) in [5.74, 6) is -1.86. The summed E-state index contributed by atoms with van der Waals surface area (Å²) in [4.78, 5) is 36.8. The minimum Gasteiger partial charge on any atom is -0.544 e. The summed E-state index contributed by atoms with van der Waals surface area (Å²) in [6.45, 7) is 4.30. The number of allylic oxidation sites excluding steroid dienone is 18. The monoisotopic (exact) mass is 792 g/mol. The molecule has 0 saturated heterocycles. The van der Waals surface area contributed by atoms with E-state index in [4.69, 9.17) is 14.2 Å². The number of carboxylic acid groups (broad SMARTS) is 1. The molecule has 0 amide bonds. The van der Waals surface area contributed by atoms with E-state index in [2.05, 4.69) is 111 Å². The highest BCUT2D eigenvalue weighted by molar-refractivity contribution is 5.70. The summed E-state index contributed by atoms with van der Waals surface area (Å²) in [6.07, 6.45) is 52.7. The number of hydrogen-bond donors (Lipinski definition) is 0. The molecule has 0 spiro atoms. The van der Waals surface area contributed by atoms with Crippen molar-refractivity contribution in [3.63, 3.8) is 0 Å². The number of aliphatic carboxylic acids is 1. The Kier molecular flexibility index (Phi) is 36.1. The minimum absolute atomic E-state index is 0.00602. The van der Waals surface area contributed by atoms with Crippen molar-refractivity contribution in [2.75, 3.05) is 41.0 Å². The van der Waals surface area contributed by atoms with Gasteiger partial charge in [0.15, 0.2) is 6.10 Å². The molecule has 0 rings (SSSR count). The maximum absolute atomic E-state index is 12.7. The van der Waals surface area contributed by atoms with Gasteiger partial charge in [0.25, 0.3) is 0 Å². The van der Waals surface area contributed by atoms with Crippen LogP contribution in [0.1, 0.15) is 129 Å². The maximum atomic E-state index is 12.7. The Labute approximate surface area is 347 Å². The third-order valence-electron chi connectivity index (χ3n) is 8.72. The van der Waals surface area contributed by atoms with Crippen LogP contribution in [0.2, 0.25) is 0 Å². The standard InChI is InChI=1S/C49H77NO7/c1-6-8-10-12-14-16-18-20-21-22-23-24-25-26-28-29-31-33-35-37-39-47(51)56-44-45(43-55-42-41-46(49(53)54)50(3,4)5)57-48(52)40-38-36-34-32-30-27-19-17-15-13-11-9-7-2/h8-11,13-17,19-21,23-24,26,28,31,33,45-46H,6-7,12,18,22,25,27,29-30,32,34-44H2,1-5H3/b10-8+,11-9+,15-13+,16-14+,19-17+,21-20+,24-23+,28-26+,33-31+. The van der Waals surface area contributed by atoms with E-state index in [0.29, 0.717) is 6.42 Å². The van der Waals surface area contributed by atoms with Crippen LogP contribution < -0.4 is 5.11 Å². The van der Waals surface area contributed by atoms with Gasteiger partial charge in [-0.2, -0.15) is 0 Å². The fourth-order valence-corrected chi connectivity index (χ4v) is 5.43. The molecule has 8 heteroatoms. The lowest BCUT2D eigenvalue weighted by atomic mass is 10.1. The Hall–Kier alpha value is -4.01. The highest BCUT2D eigenvalue weighted by atomic mass is 16.6. The number of quaternary nitrogens is 1. The predicted octanol–water partition coefficient (Wildman–Crippen LogP) is 10.4. The van der Waals surface area contributed by atoms with Crippen LogP contribution in [0.4, 0.5) is 0 Å². The van der Waals surface area contributed by atoms with E-state index in [-0.39, 0.29) is 55.5 Å². The molecule has 0 bridgehead atoms. The molecule has 0 aliphatic rings. The zero-order valence-electron chi connectivity index (χ0n) is 36.2. The first-order chi connectivity index (χ1) is 27.6. The van der Waals surface area contributed by atoms with E-state index in [1.165, 1.54) is 0 Å². The zero-order chi connectivity index (χ0) is 42.1. The number of nitrogens with zero attached hydrogens (tertiary/aromatic N) is 1. The molecule has 57 heavy (non-hydrogen) atoms. The van der Waals surface area contributed by atoms with Crippen LogP contribution in [-0.2, 0) is 28.6 Å². The minimum atomic E-state index is -1.14. The van der Waals surface area contributed by atoms with Gasteiger partial charge in [-0.05, 0) is 77.0 Å². The van der Waals surface area contributed by atoms with E-state index in [1.807, 2.05) is 12.2 Å². The molecule has 0 N–H and O–H groups in total. The second-order valence-electron chi connectivity index (χ2n) is 14.9. The predicted molar refractivity (Wildman–Crippen MR) is 235 cm³/mol. The Balaban J connectivity index is 4.50. The molecule has 320 valence electrons. The summed E-state index contributed by atoms with van der Waals surface area (Å²) in [5.41, 5.74) is 0. The lowest BCUT2D eigenvalue weighted by Gasteiger charge is -2.34. The number of likely N-dealkylation sites (N-methyl/N-ethyl adjacent to an activating group) is 1. The number of ether oxygens (including phenoxy) is 3. The van der Waals surface area contributed by atoms with Crippen LogP contribution in [0.25, 0.3) is 0 Å². The Morgan fingerprint density at radius 2 is 1.04 bits per heavy atom. The van der Waals surface area contributed by atoms with E-state index in [1.54, 1.807) is 21.1 Å². The molecule has 0 aliphatic carbocycles. The number of carbonyl (C=O) groups is 3. The van der Waals surface area contributed by atoms with Crippen LogP contribution in [0.3, 0.4) is 0 Å². The average Bonchev–Trinajstić information content (AvgIpc) is 3.17. The van der Waals surface area contributed by atoms with Crippen molar-refractivity contribution < 1.29 is 38.2 Å². The molecule has 0 aromatic rings. The molecule has 0 radical (unpaired) electrons. The second kappa shape index (κ2) is 38.8. The SMILES string of the molecule is CC/C=C/C=C/C=C/CCCCCCCC(=O)OC(COCCC(C(=O)[O-])[N+](C)(C)C)COC(=O)CCC/C=C/C/C=C/C/C=C/C/C=C/C/C=C/C/C=C/CC. The third kappa shape index (κ3) is 37.3. The Morgan fingerprint density at radius 3 is 1.60 bits per heavy atom. The molecule has 2 unspecified atom stereocenters. The van der Waals surface area contributed by atoms with Gasteiger partial charge in [-0.1, -0.05) is 142 Å². The van der Waals surface area contributed by atoms with E-state index in [9.17, 15) is 19.5 Å². The number of esters is 2. The van der Waals surface area contributed by atoms with Crippen LogP contribution in [0, 0.1) is 0 Å². The van der Waals surface area contributed by atoms with Gasteiger partial charge >= 0.3 is 11.9 Å². The van der Waals surface area contributed by atoms with E-state index >= 15 is 0 Å². The summed E-state index contributed by atoms with van der Waals surface area (Å²) in [5, 5.41) is 11.6. The second-order valence-corrected chi connectivity index (χ2v) is 14.9. The lowest BCUT2D eigenvalue weighted by molar-refractivity contribution is -0.889. The fourth-order valence-electron chi connectivity index (χ4n) is 5.43. The highest BCUT2D eigenvalue weighted by Gasteiger charge is 2.25. The van der Waals surface area contributed by atoms with Gasteiger partial charge in [-0.3, -0.25) is 9.59 Å². The van der Waals surface area contributed by atoms with Crippen LogP contribution in [0.5, 0.6) is 0 Å². The van der Waals surface area contributed by atoms with Crippen molar-refractivity contribution in [1.82, 2.24) is 0 Å². The largest absolute Gasteiger partial charge is 0.544 e. The average molecular weight is 792 g/mol. The maximum Gasteiger partial charge on any atom is 0.306 e. The number of carbonyl (C=O) groups excluding carboxylic acids is 3. The van der Waals surface area contributed by atoms with Crippen molar-refractivity contribution in [2.45, 2.75) is 142 Å². The van der Waals surface area contributed by atoms with E-state index < -0.39 is 18.1 Å². The summed E-state index contributed by atoms with van der Waals surface area (Å²) >= 11 is 0. The first kappa shape index (κ1) is 53.0. The Bertz CT molecular complexity index is 1290. The number of carboxylic acids is 1. The zero-order valence-corrected chi connectivity index (χ0v) is 36.2.